The summed E-state index contributed by atoms with van der Waals surface area (Å²) in [6, 6.07) is 8.46. The molecule has 3 aliphatic heterocycles. The third-order valence-electron chi connectivity index (χ3n) is 5.81. The number of piperidine rings is 1. The minimum absolute atomic E-state index is 0.0142. The summed E-state index contributed by atoms with van der Waals surface area (Å²) >= 11 is 1.71. The Hall–Kier alpha value is -1.49. The molecule has 0 N–H and O–H groups in total. The topological polar surface area (TPSA) is 40.6 Å². The molecule has 2 amide bonds. The predicted octanol–water partition coefficient (Wildman–Crippen LogP) is 2.81. The molecular weight excluding hydrogens is 332 g/mol. The molecule has 3 saturated heterocycles. The quantitative estimate of drug-likeness (QED) is 0.760. The smallest absolute Gasteiger partial charge is 0.227 e. The van der Waals surface area contributed by atoms with Crippen LogP contribution in [0.2, 0.25) is 0 Å². The summed E-state index contributed by atoms with van der Waals surface area (Å²) in [6.07, 6.45) is 7.00. The number of hydrogen-bond acceptors (Lipinski definition) is 3. The summed E-state index contributed by atoms with van der Waals surface area (Å²) in [5.74, 6) is 1.18. The molecule has 2 bridgehead atoms. The zero-order valence-electron chi connectivity index (χ0n) is 14.8. The lowest BCUT2D eigenvalue weighted by Gasteiger charge is -2.36. The van der Waals surface area contributed by atoms with Gasteiger partial charge in [0.25, 0.3) is 0 Å². The van der Waals surface area contributed by atoms with Gasteiger partial charge >= 0.3 is 0 Å². The van der Waals surface area contributed by atoms with Crippen molar-refractivity contribution in [3.05, 3.63) is 29.8 Å². The Labute approximate surface area is 153 Å². The van der Waals surface area contributed by atoms with E-state index in [9.17, 15) is 9.59 Å². The van der Waals surface area contributed by atoms with E-state index in [0.717, 1.165) is 31.5 Å². The van der Waals surface area contributed by atoms with E-state index >= 15 is 0 Å². The Kier molecular flexibility index (Phi) is 4.76. The van der Waals surface area contributed by atoms with Crippen molar-refractivity contribution < 1.29 is 9.59 Å². The van der Waals surface area contributed by atoms with Crippen molar-refractivity contribution in [3.63, 3.8) is 0 Å². The largest absolute Gasteiger partial charge is 0.340 e. The van der Waals surface area contributed by atoms with Gasteiger partial charge in [-0.1, -0.05) is 12.1 Å². The second-order valence-corrected chi connectivity index (χ2v) is 8.57. The van der Waals surface area contributed by atoms with Gasteiger partial charge in [0.05, 0.1) is 12.3 Å². The van der Waals surface area contributed by atoms with E-state index in [2.05, 4.69) is 23.3 Å². The highest BCUT2D eigenvalue weighted by Crippen LogP contribution is 2.35. The molecule has 1 saturated carbocycles. The Bertz CT molecular complexity index is 656. The normalized spacial score (nSPS) is 26.0. The maximum absolute atomic E-state index is 12.8. The molecule has 2 atom stereocenters. The van der Waals surface area contributed by atoms with Gasteiger partial charge in [-0.25, -0.2) is 0 Å². The van der Waals surface area contributed by atoms with Crippen LogP contribution in [-0.4, -0.2) is 53.5 Å². The van der Waals surface area contributed by atoms with Crippen molar-refractivity contribution in [2.45, 2.75) is 43.0 Å². The summed E-state index contributed by atoms with van der Waals surface area (Å²) in [4.78, 5) is 30.9. The minimum atomic E-state index is 0.0142. The fourth-order valence-corrected chi connectivity index (χ4v) is 4.50. The number of rotatable bonds is 5. The van der Waals surface area contributed by atoms with Gasteiger partial charge < -0.3 is 9.80 Å². The number of carbonyl (C=O) groups excluding carboxylic acids is 2. The Morgan fingerprint density at radius 3 is 2.56 bits per heavy atom. The predicted molar refractivity (Wildman–Crippen MR) is 99.5 cm³/mol. The second kappa shape index (κ2) is 7.02. The van der Waals surface area contributed by atoms with Crippen molar-refractivity contribution >= 4 is 23.6 Å². The first-order chi connectivity index (χ1) is 12.1. The number of hydrogen-bond donors (Lipinski definition) is 0. The minimum Gasteiger partial charge on any atom is -0.340 e. The summed E-state index contributed by atoms with van der Waals surface area (Å²) in [6.45, 7) is 2.24. The van der Waals surface area contributed by atoms with E-state index in [1.165, 1.54) is 17.7 Å². The fraction of sp³-hybridized carbons (Fsp3) is 0.600. The number of benzene rings is 1. The first-order valence-electron chi connectivity index (χ1n) is 9.35. The van der Waals surface area contributed by atoms with Crippen LogP contribution < -0.4 is 0 Å². The second-order valence-electron chi connectivity index (χ2n) is 7.69. The average molecular weight is 359 g/mol. The van der Waals surface area contributed by atoms with Gasteiger partial charge in [-0.05, 0) is 55.6 Å². The lowest BCUT2D eigenvalue weighted by Crippen LogP contribution is -2.48. The molecule has 5 heteroatoms. The van der Waals surface area contributed by atoms with Gasteiger partial charge in [0.15, 0.2) is 0 Å². The van der Waals surface area contributed by atoms with E-state index in [0.29, 0.717) is 24.8 Å². The molecule has 3 heterocycles. The van der Waals surface area contributed by atoms with Crippen molar-refractivity contribution in [1.29, 1.82) is 0 Å². The van der Waals surface area contributed by atoms with E-state index in [4.69, 9.17) is 0 Å². The van der Waals surface area contributed by atoms with Crippen LogP contribution in [0.25, 0.3) is 0 Å². The summed E-state index contributed by atoms with van der Waals surface area (Å²) in [5, 5.41) is 0. The Morgan fingerprint density at radius 1 is 1.12 bits per heavy atom. The fourth-order valence-electron chi connectivity index (χ4n) is 4.09. The first-order valence-corrected chi connectivity index (χ1v) is 10.6. The van der Waals surface area contributed by atoms with Gasteiger partial charge in [0, 0.05) is 30.6 Å². The van der Waals surface area contributed by atoms with Crippen LogP contribution in [0.3, 0.4) is 0 Å². The van der Waals surface area contributed by atoms with Gasteiger partial charge in [0.2, 0.25) is 11.8 Å². The lowest BCUT2D eigenvalue weighted by atomic mass is 9.94. The third kappa shape index (κ3) is 3.71. The molecule has 0 radical (unpaired) electrons. The molecule has 1 aromatic rings. The van der Waals surface area contributed by atoms with Crippen LogP contribution in [0.4, 0.5) is 0 Å². The Morgan fingerprint density at radius 2 is 1.88 bits per heavy atom. The molecule has 4 aliphatic rings. The molecule has 0 unspecified atom stereocenters. The molecule has 4 fully saturated rings. The van der Waals surface area contributed by atoms with E-state index in [1.54, 1.807) is 11.8 Å². The van der Waals surface area contributed by atoms with Gasteiger partial charge in [-0.2, -0.15) is 0 Å². The van der Waals surface area contributed by atoms with Gasteiger partial charge in [-0.3, -0.25) is 9.59 Å². The monoisotopic (exact) mass is 358 g/mol. The number of nitrogens with zero attached hydrogens (tertiary/aromatic N) is 2. The van der Waals surface area contributed by atoms with Crippen molar-refractivity contribution in [1.82, 2.24) is 9.80 Å². The highest BCUT2D eigenvalue weighted by molar-refractivity contribution is 7.98. The van der Waals surface area contributed by atoms with E-state index in [-0.39, 0.29) is 17.9 Å². The summed E-state index contributed by atoms with van der Waals surface area (Å²) in [7, 11) is 0. The first kappa shape index (κ1) is 17.0. The zero-order valence-corrected chi connectivity index (χ0v) is 15.6. The molecular formula is C20H26N2O2S. The molecule has 25 heavy (non-hydrogen) atoms. The number of thioether (sulfide) groups is 1. The summed E-state index contributed by atoms with van der Waals surface area (Å²) < 4.78 is 0. The Balaban J connectivity index is 1.43. The SMILES string of the molecule is CSc1ccc(CC(=O)N2C[C@@H]3CC[C@H](C2)N(CC2CC2)C3=O)cc1. The molecule has 0 spiro atoms. The maximum Gasteiger partial charge on any atom is 0.227 e. The summed E-state index contributed by atoms with van der Waals surface area (Å²) in [5.41, 5.74) is 1.06. The number of amides is 2. The average Bonchev–Trinajstić information content (AvgIpc) is 3.46. The highest BCUT2D eigenvalue weighted by atomic mass is 32.2. The van der Waals surface area contributed by atoms with E-state index < -0.39 is 0 Å². The molecule has 5 rings (SSSR count). The molecule has 134 valence electrons. The van der Waals surface area contributed by atoms with Crippen molar-refractivity contribution in [2.24, 2.45) is 11.8 Å². The molecule has 1 aromatic carbocycles. The zero-order chi connectivity index (χ0) is 17.4. The van der Waals surface area contributed by atoms with Gasteiger partial charge in [-0.15, -0.1) is 11.8 Å². The van der Waals surface area contributed by atoms with Crippen molar-refractivity contribution in [3.8, 4) is 0 Å². The molecule has 4 nitrogen and oxygen atoms in total. The van der Waals surface area contributed by atoms with Crippen LogP contribution >= 0.6 is 11.8 Å². The van der Waals surface area contributed by atoms with E-state index in [1.807, 2.05) is 17.0 Å². The van der Waals surface area contributed by atoms with Crippen molar-refractivity contribution in [2.75, 3.05) is 25.9 Å². The van der Waals surface area contributed by atoms with Crippen LogP contribution in [0.1, 0.15) is 31.2 Å². The molecule has 0 aromatic heterocycles. The maximum atomic E-state index is 12.8. The standard InChI is InChI=1S/C20H26N2O2S/c1-25-18-8-4-14(5-9-18)10-19(23)21-12-16-6-7-17(13-21)22(20(16)24)11-15-2-3-15/h4-5,8-9,15-17H,2-3,6-7,10-13H2,1H3/t16-,17+/m0/s1. The number of fused-ring (bicyclic) bond motifs is 4. The highest BCUT2D eigenvalue weighted by Gasteiger charge is 2.43. The van der Waals surface area contributed by atoms with Gasteiger partial charge in [0.1, 0.15) is 0 Å². The van der Waals surface area contributed by atoms with Crippen LogP contribution in [0.5, 0.6) is 0 Å². The van der Waals surface area contributed by atoms with Crippen LogP contribution in [0.15, 0.2) is 29.2 Å². The van der Waals surface area contributed by atoms with Crippen LogP contribution in [-0.2, 0) is 16.0 Å². The molecule has 1 aliphatic carbocycles. The lowest BCUT2D eigenvalue weighted by molar-refractivity contribution is -0.140. The van der Waals surface area contributed by atoms with Crippen LogP contribution in [0, 0.1) is 11.8 Å². The number of carbonyl (C=O) groups is 2. The third-order valence-corrected chi connectivity index (χ3v) is 6.56.